The molecule has 7 heteroatoms. The number of benzene rings is 1. The molecule has 136 valence electrons. The number of aromatic nitrogens is 1. The minimum absolute atomic E-state index is 0.0708. The van der Waals surface area contributed by atoms with E-state index in [9.17, 15) is 4.79 Å². The molecular weight excluding hydrogens is 352 g/mol. The van der Waals surface area contributed by atoms with E-state index in [4.69, 9.17) is 13.9 Å². The van der Waals surface area contributed by atoms with E-state index >= 15 is 0 Å². The number of carbonyl (C=O) groups is 1. The lowest BCUT2D eigenvalue weighted by molar-refractivity contribution is -0.123. The number of nitrogens with one attached hydrogen (secondary N) is 1. The van der Waals surface area contributed by atoms with Crippen molar-refractivity contribution in [1.82, 2.24) is 10.3 Å². The molecule has 0 spiro atoms. The summed E-state index contributed by atoms with van der Waals surface area (Å²) in [5.74, 6) is 2.33. The van der Waals surface area contributed by atoms with Gasteiger partial charge < -0.3 is 19.2 Å². The van der Waals surface area contributed by atoms with Crippen molar-refractivity contribution in [3.05, 3.63) is 53.2 Å². The van der Waals surface area contributed by atoms with Gasteiger partial charge in [0.05, 0.1) is 17.7 Å². The van der Waals surface area contributed by atoms with E-state index in [0.29, 0.717) is 30.4 Å². The van der Waals surface area contributed by atoms with Crippen LogP contribution in [-0.4, -0.2) is 31.2 Å². The van der Waals surface area contributed by atoms with Crippen LogP contribution >= 0.6 is 11.3 Å². The highest BCUT2D eigenvalue weighted by molar-refractivity contribution is 7.13. The first kappa shape index (κ1) is 18.0. The number of rotatable bonds is 8. The zero-order chi connectivity index (χ0) is 18.4. The van der Waals surface area contributed by atoms with Gasteiger partial charge in [-0.25, -0.2) is 4.98 Å². The van der Waals surface area contributed by atoms with Crippen molar-refractivity contribution in [2.75, 3.05) is 20.3 Å². The van der Waals surface area contributed by atoms with Gasteiger partial charge in [0.2, 0.25) is 5.89 Å². The Morgan fingerprint density at radius 3 is 2.77 bits per heavy atom. The molecule has 0 aliphatic carbocycles. The van der Waals surface area contributed by atoms with Crippen LogP contribution in [0.25, 0.3) is 10.8 Å². The van der Waals surface area contributed by atoms with Gasteiger partial charge in [0, 0.05) is 13.0 Å². The Morgan fingerprint density at radius 2 is 2.04 bits per heavy atom. The Balaban J connectivity index is 1.47. The van der Waals surface area contributed by atoms with Crippen LogP contribution in [0.2, 0.25) is 0 Å². The smallest absolute Gasteiger partial charge is 0.257 e. The van der Waals surface area contributed by atoms with E-state index in [2.05, 4.69) is 10.3 Å². The van der Waals surface area contributed by atoms with Crippen LogP contribution in [0.1, 0.15) is 11.5 Å². The van der Waals surface area contributed by atoms with E-state index in [0.717, 1.165) is 16.3 Å². The predicted molar refractivity (Wildman–Crippen MR) is 99.8 cm³/mol. The molecular formula is C19H20N2O4S. The normalized spacial score (nSPS) is 10.5. The highest BCUT2D eigenvalue weighted by Crippen LogP contribution is 2.26. The molecule has 0 fully saturated rings. The second-order valence-corrected chi connectivity index (χ2v) is 6.49. The SMILES string of the molecule is COc1ccccc1OCC(=O)NCCc1nc(-c2cccs2)oc1C. The second kappa shape index (κ2) is 8.53. The highest BCUT2D eigenvalue weighted by atomic mass is 32.1. The lowest BCUT2D eigenvalue weighted by Gasteiger charge is -2.10. The third-order valence-electron chi connectivity index (χ3n) is 3.74. The Labute approximate surface area is 155 Å². The Hall–Kier alpha value is -2.80. The van der Waals surface area contributed by atoms with Gasteiger partial charge in [-0.15, -0.1) is 11.3 Å². The minimum atomic E-state index is -0.199. The van der Waals surface area contributed by atoms with Crippen LogP contribution < -0.4 is 14.8 Å². The predicted octanol–water partition coefficient (Wildman–Crippen LogP) is 3.46. The van der Waals surface area contributed by atoms with Crippen LogP contribution in [0.4, 0.5) is 0 Å². The first-order valence-electron chi connectivity index (χ1n) is 8.20. The number of carbonyl (C=O) groups excluding carboxylic acids is 1. The van der Waals surface area contributed by atoms with Gasteiger partial charge in [0.25, 0.3) is 5.91 Å². The largest absolute Gasteiger partial charge is 0.493 e. The van der Waals surface area contributed by atoms with Crippen molar-refractivity contribution in [3.63, 3.8) is 0 Å². The topological polar surface area (TPSA) is 73.6 Å². The minimum Gasteiger partial charge on any atom is -0.493 e. The second-order valence-electron chi connectivity index (χ2n) is 5.54. The van der Waals surface area contributed by atoms with E-state index in [1.807, 2.05) is 36.6 Å². The molecule has 0 saturated heterocycles. The molecule has 0 bridgehead atoms. The van der Waals surface area contributed by atoms with E-state index in [1.54, 1.807) is 30.6 Å². The summed E-state index contributed by atoms with van der Waals surface area (Å²) >= 11 is 1.58. The van der Waals surface area contributed by atoms with Crippen molar-refractivity contribution < 1.29 is 18.7 Å². The number of hydrogen-bond donors (Lipinski definition) is 1. The number of amides is 1. The maximum Gasteiger partial charge on any atom is 0.257 e. The maximum absolute atomic E-state index is 12.0. The molecule has 0 aliphatic rings. The van der Waals surface area contributed by atoms with Crippen molar-refractivity contribution in [1.29, 1.82) is 0 Å². The summed E-state index contributed by atoms with van der Waals surface area (Å²) in [7, 11) is 1.56. The van der Waals surface area contributed by atoms with Crippen LogP contribution in [0.5, 0.6) is 11.5 Å². The van der Waals surface area contributed by atoms with Crippen molar-refractivity contribution >= 4 is 17.2 Å². The third-order valence-corrected chi connectivity index (χ3v) is 4.59. The van der Waals surface area contributed by atoms with Crippen molar-refractivity contribution in [3.8, 4) is 22.3 Å². The molecule has 1 N–H and O–H groups in total. The fraction of sp³-hybridized carbons (Fsp3) is 0.263. The van der Waals surface area contributed by atoms with Crippen LogP contribution in [-0.2, 0) is 11.2 Å². The first-order chi connectivity index (χ1) is 12.7. The fourth-order valence-corrected chi connectivity index (χ4v) is 3.07. The molecule has 6 nitrogen and oxygen atoms in total. The number of methoxy groups -OCH3 is 1. The molecule has 0 aliphatic heterocycles. The van der Waals surface area contributed by atoms with Gasteiger partial charge in [-0.2, -0.15) is 0 Å². The summed E-state index contributed by atoms with van der Waals surface area (Å²) < 4.78 is 16.4. The molecule has 1 aromatic carbocycles. The quantitative estimate of drug-likeness (QED) is 0.655. The van der Waals surface area contributed by atoms with Crippen LogP contribution in [0, 0.1) is 6.92 Å². The third kappa shape index (κ3) is 4.43. The standard InChI is InChI=1S/C19H20N2O4S/c1-13-14(21-19(25-13)17-8-5-11-26-17)9-10-20-18(22)12-24-16-7-4-3-6-15(16)23-2/h3-8,11H,9-10,12H2,1-2H3,(H,20,22). The lowest BCUT2D eigenvalue weighted by Crippen LogP contribution is -2.30. The number of ether oxygens (including phenoxy) is 2. The number of thiophene rings is 1. The zero-order valence-corrected chi connectivity index (χ0v) is 15.5. The number of para-hydroxylation sites is 2. The van der Waals surface area contributed by atoms with Gasteiger partial charge in [0.1, 0.15) is 5.76 Å². The number of oxazole rings is 1. The van der Waals surface area contributed by atoms with Crippen molar-refractivity contribution in [2.24, 2.45) is 0 Å². The molecule has 0 unspecified atom stereocenters. The number of hydrogen-bond acceptors (Lipinski definition) is 6. The fourth-order valence-electron chi connectivity index (χ4n) is 2.42. The van der Waals surface area contributed by atoms with Crippen LogP contribution in [0.3, 0.4) is 0 Å². The number of aryl methyl sites for hydroxylation is 1. The van der Waals surface area contributed by atoms with E-state index < -0.39 is 0 Å². The van der Waals surface area contributed by atoms with Gasteiger partial charge in [0.15, 0.2) is 18.1 Å². The molecule has 3 rings (SSSR count). The number of nitrogens with zero attached hydrogens (tertiary/aromatic N) is 1. The molecule has 0 atom stereocenters. The van der Waals surface area contributed by atoms with Gasteiger partial charge >= 0.3 is 0 Å². The molecule has 26 heavy (non-hydrogen) atoms. The van der Waals surface area contributed by atoms with E-state index in [1.165, 1.54) is 0 Å². The molecule has 0 saturated carbocycles. The monoisotopic (exact) mass is 372 g/mol. The lowest BCUT2D eigenvalue weighted by atomic mass is 10.2. The maximum atomic E-state index is 12.0. The summed E-state index contributed by atoms with van der Waals surface area (Å²) in [6, 6.07) is 11.1. The summed E-state index contributed by atoms with van der Waals surface area (Å²) in [6.45, 7) is 2.27. The molecule has 2 heterocycles. The highest BCUT2D eigenvalue weighted by Gasteiger charge is 2.12. The summed E-state index contributed by atoms with van der Waals surface area (Å²) in [4.78, 5) is 17.5. The molecule has 1 amide bonds. The first-order valence-corrected chi connectivity index (χ1v) is 9.08. The van der Waals surface area contributed by atoms with Crippen LogP contribution in [0.15, 0.2) is 46.2 Å². The Kier molecular flexibility index (Phi) is 5.91. The average molecular weight is 372 g/mol. The Bertz CT molecular complexity index is 858. The van der Waals surface area contributed by atoms with E-state index in [-0.39, 0.29) is 12.5 Å². The summed E-state index contributed by atoms with van der Waals surface area (Å²) in [5.41, 5.74) is 0.847. The Morgan fingerprint density at radius 1 is 1.23 bits per heavy atom. The zero-order valence-electron chi connectivity index (χ0n) is 14.7. The average Bonchev–Trinajstić information content (AvgIpc) is 3.30. The van der Waals surface area contributed by atoms with Gasteiger partial charge in [-0.1, -0.05) is 18.2 Å². The van der Waals surface area contributed by atoms with Gasteiger partial charge in [-0.05, 0) is 30.5 Å². The van der Waals surface area contributed by atoms with Crippen molar-refractivity contribution in [2.45, 2.75) is 13.3 Å². The molecule has 2 aromatic heterocycles. The van der Waals surface area contributed by atoms with Gasteiger partial charge in [-0.3, -0.25) is 4.79 Å². The summed E-state index contributed by atoms with van der Waals surface area (Å²) in [5, 5.41) is 4.81. The molecule has 3 aromatic rings. The summed E-state index contributed by atoms with van der Waals surface area (Å²) in [6.07, 6.45) is 0.598. The molecule has 0 radical (unpaired) electrons.